The minimum atomic E-state index is 0.556. The summed E-state index contributed by atoms with van der Waals surface area (Å²) >= 11 is 1.86. The molecule has 0 aromatic heterocycles. The zero-order valence-electron chi connectivity index (χ0n) is 9.21. The van der Waals surface area contributed by atoms with Crippen LogP contribution in [0.5, 0.6) is 0 Å². The van der Waals surface area contributed by atoms with Gasteiger partial charge in [-0.15, -0.1) is 0 Å². The molecule has 0 radical (unpaired) electrons. The van der Waals surface area contributed by atoms with Crippen molar-refractivity contribution in [1.82, 2.24) is 5.32 Å². The quantitative estimate of drug-likeness (QED) is 0.800. The minimum Gasteiger partial charge on any atom is -0.310 e. The normalized spacial score (nSPS) is 10.9. The Labute approximate surface area is 91.3 Å². The highest BCUT2D eigenvalue weighted by Gasteiger charge is 1.95. The first kappa shape index (κ1) is 11.6. The monoisotopic (exact) mass is 209 g/mol. The van der Waals surface area contributed by atoms with Crippen molar-refractivity contribution in [3.05, 3.63) is 35.4 Å². The molecular formula is C12H19NS. The van der Waals surface area contributed by atoms with Crippen LogP contribution in [0.4, 0.5) is 0 Å². The van der Waals surface area contributed by atoms with Crippen molar-refractivity contribution in [3.63, 3.8) is 0 Å². The van der Waals surface area contributed by atoms with Gasteiger partial charge in [0.1, 0.15) is 0 Å². The van der Waals surface area contributed by atoms with Crippen LogP contribution in [0.2, 0.25) is 0 Å². The van der Waals surface area contributed by atoms with Gasteiger partial charge in [-0.05, 0) is 17.4 Å². The first-order chi connectivity index (χ1) is 6.72. The summed E-state index contributed by atoms with van der Waals surface area (Å²) in [4.78, 5) is 0. The average molecular weight is 209 g/mol. The van der Waals surface area contributed by atoms with E-state index in [1.54, 1.807) is 0 Å². The van der Waals surface area contributed by atoms with Crippen LogP contribution < -0.4 is 5.32 Å². The van der Waals surface area contributed by atoms with Crippen LogP contribution in [-0.2, 0) is 12.3 Å². The first-order valence-electron chi connectivity index (χ1n) is 5.02. The lowest BCUT2D eigenvalue weighted by Crippen LogP contribution is -2.21. The zero-order valence-corrected chi connectivity index (χ0v) is 10.0. The van der Waals surface area contributed by atoms with Gasteiger partial charge in [-0.25, -0.2) is 0 Å². The van der Waals surface area contributed by atoms with E-state index in [1.807, 2.05) is 11.8 Å². The molecule has 2 heteroatoms. The Morgan fingerprint density at radius 1 is 1.14 bits per heavy atom. The van der Waals surface area contributed by atoms with Gasteiger partial charge in [-0.1, -0.05) is 38.1 Å². The number of rotatable bonds is 5. The molecule has 1 rings (SSSR count). The number of hydrogen-bond acceptors (Lipinski definition) is 2. The van der Waals surface area contributed by atoms with E-state index in [9.17, 15) is 0 Å². The highest BCUT2D eigenvalue weighted by atomic mass is 32.2. The molecule has 14 heavy (non-hydrogen) atoms. The lowest BCUT2D eigenvalue weighted by molar-refractivity contribution is 0.589. The van der Waals surface area contributed by atoms with Gasteiger partial charge in [0.25, 0.3) is 0 Å². The largest absolute Gasteiger partial charge is 0.310 e. The third kappa shape index (κ3) is 4.16. The van der Waals surface area contributed by atoms with Gasteiger partial charge < -0.3 is 5.32 Å². The van der Waals surface area contributed by atoms with E-state index in [1.165, 1.54) is 11.1 Å². The molecule has 0 heterocycles. The van der Waals surface area contributed by atoms with Crippen LogP contribution in [0.25, 0.3) is 0 Å². The fourth-order valence-corrected chi connectivity index (χ4v) is 1.77. The Kier molecular flexibility index (Phi) is 5.05. The molecule has 1 N–H and O–H groups in total. The molecule has 78 valence electrons. The second-order valence-electron chi connectivity index (χ2n) is 3.79. The van der Waals surface area contributed by atoms with Gasteiger partial charge in [0.15, 0.2) is 0 Å². The summed E-state index contributed by atoms with van der Waals surface area (Å²) in [6, 6.07) is 9.41. The summed E-state index contributed by atoms with van der Waals surface area (Å²) < 4.78 is 0. The number of thioether (sulfide) groups is 1. The topological polar surface area (TPSA) is 12.0 Å². The van der Waals surface area contributed by atoms with E-state index >= 15 is 0 Å². The average Bonchev–Trinajstić information content (AvgIpc) is 2.17. The maximum absolute atomic E-state index is 3.41. The molecule has 0 saturated carbocycles. The molecule has 0 aliphatic carbocycles. The molecule has 1 aromatic rings. The molecule has 0 atom stereocenters. The van der Waals surface area contributed by atoms with Crippen LogP contribution in [0.1, 0.15) is 25.0 Å². The Balaban J connectivity index is 2.46. The van der Waals surface area contributed by atoms with Crippen LogP contribution in [-0.4, -0.2) is 12.3 Å². The molecule has 1 aromatic carbocycles. The Morgan fingerprint density at radius 3 is 2.21 bits per heavy atom. The smallest absolute Gasteiger partial charge is 0.0207 e. The number of hydrogen-bond donors (Lipinski definition) is 1. The molecule has 0 aliphatic heterocycles. The molecule has 0 unspecified atom stereocenters. The second kappa shape index (κ2) is 6.10. The molecule has 1 nitrogen and oxygen atoms in total. The standard InChI is InChI=1S/C12H19NS/c1-10(2)13-8-11-4-6-12(7-5-11)9-14-3/h4-7,10,13H,8-9H2,1-3H3. The number of nitrogens with one attached hydrogen (secondary N) is 1. The lowest BCUT2D eigenvalue weighted by Gasteiger charge is -2.08. The van der Waals surface area contributed by atoms with E-state index in [0.717, 1.165) is 12.3 Å². The van der Waals surface area contributed by atoms with E-state index in [4.69, 9.17) is 0 Å². The van der Waals surface area contributed by atoms with Gasteiger partial charge in [0.2, 0.25) is 0 Å². The van der Waals surface area contributed by atoms with Gasteiger partial charge in [-0.2, -0.15) is 11.8 Å². The van der Waals surface area contributed by atoms with Gasteiger partial charge in [-0.3, -0.25) is 0 Å². The summed E-state index contributed by atoms with van der Waals surface area (Å²) in [6.45, 7) is 5.31. The first-order valence-corrected chi connectivity index (χ1v) is 6.42. The summed E-state index contributed by atoms with van der Waals surface area (Å²) in [5.74, 6) is 1.11. The SMILES string of the molecule is CSCc1ccc(CNC(C)C)cc1. The highest BCUT2D eigenvalue weighted by Crippen LogP contribution is 2.10. The van der Waals surface area contributed by atoms with Crippen LogP contribution in [0, 0.1) is 0 Å². The minimum absolute atomic E-state index is 0.556. The van der Waals surface area contributed by atoms with E-state index < -0.39 is 0 Å². The maximum Gasteiger partial charge on any atom is 0.0207 e. The predicted octanol–water partition coefficient (Wildman–Crippen LogP) is 3.05. The molecule has 0 amide bonds. The van der Waals surface area contributed by atoms with Crippen molar-refractivity contribution in [2.75, 3.05) is 6.26 Å². The molecular weight excluding hydrogens is 190 g/mol. The summed E-state index contributed by atoms with van der Waals surface area (Å²) in [7, 11) is 0. The summed E-state index contributed by atoms with van der Waals surface area (Å²) in [5.41, 5.74) is 2.77. The Morgan fingerprint density at radius 2 is 1.71 bits per heavy atom. The molecule has 0 bridgehead atoms. The predicted molar refractivity (Wildman–Crippen MR) is 65.6 cm³/mol. The Hall–Kier alpha value is -0.470. The van der Waals surface area contributed by atoms with E-state index in [-0.39, 0.29) is 0 Å². The molecule has 0 saturated heterocycles. The molecule has 0 fully saturated rings. The number of benzene rings is 1. The second-order valence-corrected chi connectivity index (χ2v) is 4.65. The van der Waals surface area contributed by atoms with Crippen molar-refractivity contribution < 1.29 is 0 Å². The van der Waals surface area contributed by atoms with Crippen molar-refractivity contribution >= 4 is 11.8 Å². The van der Waals surface area contributed by atoms with E-state index in [0.29, 0.717) is 6.04 Å². The van der Waals surface area contributed by atoms with Crippen LogP contribution >= 0.6 is 11.8 Å². The summed E-state index contributed by atoms with van der Waals surface area (Å²) in [5, 5.41) is 3.41. The molecule has 0 aliphatic rings. The van der Waals surface area contributed by atoms with Crippen molar-refractivity contribution in [3.8, 4) is 0 Å². The van der Waals surface area contributed by atoms with Crippen molar-refractivity contribution in [2.45, 2.75) is 32.2 Å². The fraction of sp³-hybridized carbons (Fsp3) is 0.500. The molecule has 0 spiro atoms. The third-order valence-corrected chi connectivity index (χ3v) is 2.67. The van der Waals surface area contributed by atoms with Gasteiger partial charge in [0, 0.05) is 18.3 Å². The summed E-state index contributed by atoms with van der Waals surface area (Å²) in [6.07, 6.45) is 2.13. The lowest BCUT2D eigenvalue weighted by atomic mass is 10.1. The van der Waals surface area contributed by atoms with Gasteiger partial charge in [0.05, 0.1) is 0 Å². The fourth-order valence-electron chi connectivity index (χ4n) is 1.24. The van der Waals surface area contributed by atoms with Crippen molar-refractivity contribution in [1.29, 1.82) is 0 Å². The Bertz CT molecular complexity index is 254. The highest BCUT2D eigenvalue weighted by molar-refractivity contribution is 7.97. The van der Waals surface area contributed by atoms with Crippen LogP contribution in [0.3, 0.4) is 0 Å². The van der Waals surface area contributed by atoms with Crippen LogP contribution in [0.15, 0.2) is 24.3 Å². The van der Waals surface area contributed by atoms with Gasteiger partial charge >= 0.3 is 0 Å². The van der Waals surface area contributed by atoms with Crippen molar-refractivity contribution in [2.24, 2.45) is 0 Å². The third-order valence-electron chi connectivity index (χ3n) is 2.05. The van der Waals surface area contributed by atoms with E-state index in [2.05, 4.69) is 49.7 Å². The zero-order chi connectivity index (χ0) is 10.4. The maximum atomic E-state index is 3.41.